The largest absolute Gasteiger partial charge is 0.444 e. The van der Waals surface area contributed by atoms with E-state index < -0.39 is 35.3 Å². The number of carbonyl (C=O) groups is 1. The minimum atomic E-state index is -1.29. The van der Waals surface area contributed by atoms with Gasteiger partial charge in [-0.3, -0.25) is 4.98 Å². The summed E-state index contributed by atoms with van der Waals surface area (Å²) in [5.41, 5.74) is -0.918. The van der Waals surface area contributed by atoms with Crippen LogP contribution in [0.1, 0.15) is 38.9 Å². The van der Waals surface area contributed by atoms with Gasteiger partial charge in [0.25, 0.3) is 0 Å². The van der Waals surface area contributed by atoms with Crippen LogP contribution < -0.4 is 16.7 Å². The van der Waals surface area contributed by atoms with Crippen molar-refractivity contribution in [3.63, 3.8) is 0 Å². The summed E-state index contributed by atoms with van der Waals surface area (Å²) in [7, 11) is 0. The number of aliphatic hydroxyl groups is 2. The van der Waals surface area contributed by atoms with Gasteiger partial charge in [-0.25, -0.2) is 14.4 Å². The van der Waals surface area contributed by atoms with Gasteiger partial charge in [0.15, 0.2) is 0 Å². The van der Waals surface area contributed by atoms with Crippen LogP contribution in [0.2, 0.25) is 0 Å². The first-order chi connectivity index (χ1) is 12.1. The molecule has 1 aromatic heterocycles. The molecule has 0 aliphatic carbocycles. The van der Waals surface area contributed by atoms with E-state index in [-0.39, 0.29) is 29.4 Å². The van der Waals surface area contributed by atoms with Crippen LogP contribution in [-0.2, 0) is 4.74 Å². The molecule has 9 nitrogen and oxygen atoms in total. The minimum Gasteiger partial charge on any atom is -0.444 e. The van der Waals surface area contributed by atoms with E-state index >= 15 is 0 Å². The molecule has 0 aliphatic heterocycles. The number of H-pyrrole nitrogens is 1. The van der Waals surface area contributed by atoms with E-state index in [1.54, 1.807) is 20.8 Å². The monoisotopic (exact) mass is 366 g/mol. The Labute approximate surface area is 148 Å². The van der Waals surface area contributed by atoms with E-state index in [0.29, 0.717) is 0 Å². The van der Waals surface area contributed by atoms with E-state index in [1.807, 2.05) is 0 Å². The second kappa shape index (κ2) is 7.71. The zero-order chi connectivity index (χ0) is 19.5. The molecule has 0 saturated carbocycles. The standard InChI is InChI=1S/C17H22N2O7/c1-17(2,3)26-15(23)18-7-6-12(20)13(21)9-4-5-11-10(8-9)14(22)25-16(24)19-11/h4-5,8,12-13,20-21H,6-7H2,1-3H3,(H,18,23)(H,19,24). The summed E-state index contributed by atoms with van der Waals surface area (Å²) in [5.74, 6) is -0.871. The summed E-state index contributed by atoms with van der Waals surface area (Å²) in [6, 6.07) is 4.26. The van der Waals surface area contributed by atoms with E-state index in [0.717, 1.165) is 0 Å². The molecule has 2 atom stereocenters. The van der Waals surface area contributed by atoms with Crippen LogP contribution in [0.25, 0.3) is 10.9 Å². The lowest BCUT2D eigenvalue weighted by Crippen LogP contribution is -2.34. The number of aliphatic hydroxyl groups excluding tert-OH is 2. The minimum absolute atomic E-state index is 0.0681. The third-order valence-electron chi connectivity index (χ3n) is 3.50. The number of fused-ring (bicyclic) bond motifs is 1. The molecular weight excluding hydrogens is 344 g/mol. The van der Waals surface area contributed by atoms with Crippen molar-refractivity contribution in [1.29, 1.82) is 0 Å². The highest BCUT2D eigenvalue weighted by molar-refractivity contribution is 5.77. The van der Waals surface area contributed by atoms with Gasteiger partial charge in [0.2, 0.25) is 0 Å². The number of aromatic amines is 1. The highest BCUT2D eigenvalue weighted by Gasteiger charge is 2.21. The van der Waals surface area contributed by atoms with Gasteiger partial charge >= 0.3 is 17.5 Å². The third kappa shape index (κ3) is 5.17. The Hall–Kier alpha value is -2.65. The Morgan fingerprint density at radius 2 is 2.00 bits per heavy atom. The van der Waals surface area contributed by atoms with Crippen molar-refractivity contribution in [2.45, 2.75) is 45.0 Å². The summed E-state index contributed by atoms with van der Waals surface area (Å²) in [5, 5.41) is 22.9. The first kappa shape index (κ1) is 19.7. The van der Waals surface area contributed by atoms with Gasteiger partial charge in [-0.1, -0.05) is 6.07 Å². The molecule has 0 radical (unpaired) electrons. The van der Waals surface area contributed by atoms with Gasteiger partial charge < -0.3 is 24.7 Å². The summed E-state index contributed by atoms with van der Waals surface area (Å²) >= 11 is 0. The summed E-state index contributed by atoms with van der Waals surface area (Å²) in [4.78, 5) is 36.8. The number of ether oxygens (including phenoxy) is 1. The highest BCUT2D eigenvalue weighted by Crippen LogP contribution is 2.21. The Balaban J connectivity index is 2.01. The maximum atomic E-state index is 11.7. The first-order valence-electron chi connectivity index (χ1n) is 8.07. The molecule has 2 aromatic rings. The molecule has 0 aliphatic rings. The predicted molar refractivity (Wildman–Crippen MR) is 92.9 cm³/mol. The smallest absolute Gasteiger partial charge is 0.419 e. The van der Waals surface area contributed by atoms with Crippen molar-refractivity contribution in [1.82, 2.24) is 10.3 Å². The van der Waals surface area contributed by atoms with Crippen LogP contribution in [-0.4, -0.2) is 39.5 Å². The van der Waals surface area contributed by atoms with Crippen molar-refractivity contribution < 1.29 is 24.2 Å². The number of hydrogen-bond acceptors (Lipinski definition) is 7. The van der Waals surface area contributed by atoms with Gasteiger partial charge in [-0.15, -0.1) is 0 Å². The average Bonchev–Trinajstić information content (AvgIpc) is 2.52. The molecule has 142 valence electrons. The van der Waals surface area contributed by atoms with Gasteiger partial charge in [-0.05, 0) is 44.9 Å². The number of amides is 1. The second-order valence-corrected chi connectivity index (χ2v) is 6.84. The number of benzene rings is 1. The highest BCUT2D eigenvalue weighted by atomic mass is 16.6. The third-order valence-corrected chi connectivity index (χ3v) is 3.50. The number of alkyl carbamates (subject to hydrolysis) is 1. The Bertz CT molecular complexity index is 894. The summed E-state index contributed by atoms with van der Waals surface area (Å²) in [6.45, 7) is 5.29. The summed E-state index contributed by atoms with van der Waals surface area (Å²) < 4.78 is 9.51. The van der Waals surface area contributed by atoms with Gasteiger partial charge in [0.05, 0.1) is 17.0 Å². The van der Waals surface area contributed by atoms with Crippen LogP contribution in [0.15, 0.2) is 32.2 Å². The number of aromatic nitrogens is 1. The average molecular weight is 366 g/mol. The van der Waals surface area contributed by atoms with Crippen LogP contribution in [0.5, 0.6) is 0 Å². The Kier molecular flexibility index (Phi) is 5.83. The normalized spacial score (nSPS) is 14.0. The first-order valence-corrected chi connectivity index (χ1v) is 8.07. The molecule has 1 amide bonds. The topological polar surface area (TPSA) is 142 Å². The number of rotatable bonds is 5. The Morgan fingerprint density at radius 1 is 1.31 bits per heavy atom. The van der Waals surface area contributed by atoms with Crippen molar-refractivity contribution >= 4 is 17.0 Å². The lowest BCUT2D eigenvalue weighted by molar-refractivity contribution is 0.0123. The predicted octanol–water partition coefficient (Wildman–Crippen LogP) is 0.790. The van der Waals surface area contributed by atoms with Gasteiger partial charge in [0, 0.05) is 6.54 Å². The van der Waals surface area contributed by atoms with E-state index in [9.17, 15) is 24.6 Å². The Morgan fingerprint density at radius 3 is 2.65 bits per heavy atom. The molecule has 1 aromatic carbocycles. The number of hydrogen-bond donors (Lipinski definition) is 4. The van der Waals surface area contributed by atoms with Crippen LogP contribution in [0.4, 0.5) is 4.79 Å². The fourth-order valence-corrected chi connectivity index (χ4v) is 2.31. The van der Waals surface area contributed by atoms with Crippen LogP contribution >= 0.6 is 0 Å². The molecule has 0 bridgehead atoms. The molecule has 2 unspecified atom stereocenters. The molecule has 26 heavy (non-hydrogen) atoms. The second-order valence-electron chi connectivity index (χ2n) is 6.84. The molecule has 2 rings (SSSR count). The fraction of sp³-hybridized carbons (Fsp3) is 0.471. The molecule has 0 saturated heterocycles. The molecule has 0 spiro atoms. The molecule has 4 N–H and O–H groups in total. The van der Waals surface area contributed by atoms with Crippen molar-refractivity contribution in [2.75, 3.05) is 6.54 Å². The van der Waals surface area contributed by atoms with Gasteiger partial charge in [0.1, 0.15) is 11.7 Å². The van der Waals surface area contributed by atoms with E-state index in [1.165, 1.54) is 18.2 Å². The SMILES string of the molecule is CC(C)(C)OC(=O)NCCC(O)C(O)c1ccc2[nH]c(=O)oc(=O)c2c1. The number of carbonyl (C=O) groups excluding carboxylic acids is 1. The van der Waals surface area contributed by atoms with Crippen molar-refractivity contribution in [2.24, 2.45) is 0 Å². The van der Waals surface area contributed by atoms with Gasteiger partial charge in [-0.2, -0.15) is 0 Å². The lowest BCUT2D eigenvalue weighted by atomic mass is 10.0. The van der Waals surface area contributed by atoms with Crippen LogP contribution in [0, 0.1) is 0 Å². The lowest BCUT2D eigenvalue weighted by Gasteiger charge is -2.21. The van der Waals surface area contributed by atoms with Crippen molar-refractivity contribution in [3.8, 4) is 0 Å². The zero-order valence-electron chi connectivity index (χ0n) is 14.7. The quantitative estimate of drug-likeness (QED) is 0.613. The molecule has 9 heteroatoms. The molecule has 0 fully saturated rings. The van der Waals surface area contributed by atoms with E-state index in [2.05, 4.69) is 14.7 Å². The summed E-state index contributed by atoms with van der Waals surface area (Å²) in [6.07, 6.45) is -3.02. The fourth-order valence-electron chi connectivity index (χ4n) is 2.31. The maximum absolute atomic E-state index is 11.7. The molecular formula is C17H22N2O7. The van der Waals surface area contributed by atoms with E-state index in [4.69, 9.17) is 4.74 Å². The molecule has 1 heterocycles. The van der Waals surface area contributed by atoms with Crippen LogP contribution in [0.3, 0.4) is 0 Å². The zero-order valence-corrected chi connectivity index (χ0v) is 14.7. The van der Waals surface area contributed by atoms with Crippen molar-refractivity contribution in [3.05, 3.63) is 44.7 Å². The maximum Gasteiger partial charge on any atom is 0.419 e. The number of nitrogens with one attached hydrogen (secondary N) is 2.